The maximum absolute atomic E-state index is 11.1. The number of amides is 1. The van der Waals surface area contributed by atoms with Crippen molar-refractivity contribution in [1.29, 1.82) is 0 Å². The van der Waals surface area contributed by atoms with Gasteiger partial charge in [-0.3, -0.25) is 4.79 Å². The SMILES string of the molecule is CC(C)CC(=O)NC(C)(C)N. The Kier molecular flexibility index (Phi) is 3.52. The molecule has 0 aromatic rings. The Labute approximate surface area is 68.3 Å². The number of nitrogens with two attached hydrogens (primary N) is 1. The third-order valence-electron chi connectivity index (χ3n) is 1.06. The standard InChI is InChI=1S/C8H18N2O/c1-6(2)5-7(11)10-8(3,4)9/h6H,5,9H2,1-4H3,(H,10,11). The lowest BCUT2D eigenvalue weighted by atomic mass is 10.1. The molecule has 0 spiro atoms. The Morgan fingerprint density at radius 2 is 2.00 bits per heavy atom. The summed E-state index contributed by atoms with van der Waals surface area (Å²) >= 11 is 0. The van der Waals surface area contributed by atoms with Crippen molar-refractivity contribution < 1.29 is 4.79 Å². The zero-order valence-electron chi connectivity index (χ0n) is 7.77. The third kappa shape index (κ3) is 7.33. The summed E-state index contributed by atoms with van der Waals surface area (Å²) < 4.78 is 0. The van der Waals surface area contributed by atoms with E-state index in [1.807, 2.05) is 13.8 Å². The Morgan fingerprint density at radius 3 is 2.27 bits per heavy atom. The molecule has 0 radical (unpaired) electrons. The first-order valence-corrected chi connectivity index (χ1v) is 3.91. The molecule has 0 rings (SSSR count). The van der Waals surface area contributed by atoms with Gasteiger partial charge in [0.2, 0.25) is 5.91 Å². The van der Waals surface area contributed by atoms with Gasteiger partial charge in [-0.25, -0.2) is 0 Å². The molecule has 0 aromatic carbocycles. The third-order valence-corrected chi connectivity index (χ3v) is 1.06. The van der Waals surface area contributed by atoms with Gasteiger partial charge in [-0.2, -0.15) is 0 Å². The summed E-state index contributed by atoms with van der Waals surface area (Å²) in [6.07, 6.45) is 0.542. The molecule has 0 aliphatic carbocycles. The largest absolute Gasteiger partial charge is 0.339 e. The minimum absolute atomic E-state index is 0.0208. The molecule has 11 heavy (non-hydrogen) atoms. The fraction of sp³-hybridized carbons (Fsp3) is 0.875. The molecule has 0 saturated carbocycles. The zero-order chi connectivity index (χ0) is 9.07. The van der Waals surface area contributed by atoms with Crippen LogP contribution in [0.4, 0.5) is 0 Å². The minimum atomic E-state index is -0.591. The van der Waals surface area contributed by atoms with Gasteiger partial charge in [-0.15, -0.1) is 0 Å². The topological polar surface area (TPSA) is 55.1 Å². The molecule has 3 nitrogen and oxygen atoms in total. The quantitative estimate of drug-likeness (QED) is 0.598. The van der Waals surface area contributed by atoms with Crippen molar-refractivity contribution in [2.75, 3.05) is 0 Å². The molecule has 0 heterocycles. The van der Waals surface area contributed by atoms with E-state index in [2.05, 4.69) is 5.32 Å². The molecule has 0 fully saturated rings. The Balaban J connectivity index is 3.71. The van der Waals surface area contributed by atoms with E-state index < -0.39 is 5.66 Å². The molecule has 66 valence electrons. The predicted molar refractivity (Wildman–Crippen MR) is 45.9 cm³/mol. The molecular weight excluding hydrogens is 140 g/mol. The molecule has 0 atom stereocenters. The van der Waals surface area contributed by atoms with Crippen molar-refractivity contribution in [1.82, 2.24) is 5.32 Å². The van der Waals surface area contributed by atoms with Crippen LogP contribution in [0.2, 0.25) is 0 Å². The van der Waals surface area contributed by atoms with E-state index in [0.717, 1.165) is 0 Å². The lowest BCUT2D eigenvalue weighted by Crippen LogP contribution is -2.50. The summed E-state index contributed by atoms with van der Waals surface area (Å²) in [4.78, 5) is 11.1. The summed E-state index contributed by atoms with van der Waals surface area (Å²) in [7, 11) is 0. The first-order valence-electron chi connectivity index (χ1n) is 3.91. The molecular formula is C8H18N2O. The smallest absolute Gasteiger partial charge is 0.221 e. The van der Waals surface area contributed by atoms with Crippen LogP contribution in [0.5, 0.6) is 0 Å². The van der Waals surface area contributed by atoms with Crippen LogP contribution in [0.25, 0.3) is 0 Å². The monoisotopic (exact) mass is 158 g/mol. The van der Waals surface area contributed by atoms with Gasteiger partial charge in [0.1, 0.15) is 0 Å². The zero-order valence-corrected chi connectivity index (χ0v) is 7.77. The number of hydrogen-bond donors (Lipinski definition) is 2. The normalized spacial score (nSPS) is 11.8. The van der Waals surface area contributed by atoms with E-state index >= 15 is 0 Å². The average Bonchev–Trinajstić information content (AvgIpc) is 1.53. The number of carbonyl (C=O) groups is 1. The fourth-order valence-corrected chi connectivity index (χ4v) is 0.781. The first-order chi connectivity index (χ1) is 4.81. The highest BCUT2D eigenvalue weighted by molar-refractivity contribution is 5.76. The second kappa shape index (κ2) is 3.72. The van der Waals surface area contributed by atoms with Gasteiger partial charge in [0.25, 0.3) is 0 Å². The lowest BCUT2D eigenvalue weighted by molar-refractivity contribution is -0.123. The van der Waals surface area contributed by atoms with Crippen LogP contribution >= 0.6 is 0 Å². The van der Waals surface area contributed by atoms with Crippen LogP contribution in [-0.2, 0) is 4.79 Å². The van der Waals surface area contributed by atoms with Gasteiger partial charge in [0, 0.05) is 6.42 Å². The molecule has 0 aromatic heterocycles. The van der Waals surface area contributed by atoms with E-state index in [1.54, 1.807) is 13.8 Å². The lowest BCUT2D eigenvalue weighted by Gasteiger charge is -2.20. The molecule has 0 aliphatic heterocycles. The molecule has 3 N–H and O–H groups in total. The van der Waals surface area contributed by atoms with Gasteiger partial charge >= 0.3 is 0 Å². The second-order valence-corrected chi connectivity index (χ2v) is 3.87. The van der Waals surface area contributed by atoms with Gasteiger partial charge < -0.3 is 11.1 Å². The molecule has 0 unspecified atom stereocenters. The van der Waals surface area contributed by atoms with Crippen LogP contribution in [0.1, 0.15) is 34.1 Å². The van der Waals surface area contributed by atoms with E-state index in [-0.39, 0.29) is 5.91 Å². The number of rotatable bonds is 3. The number of carbonyl (C=O) groups excluding carboxylic acids is 1. The highest BCUT2D eigenvalue weighted by Gasteiger charge is 2.14. The maximum atomic E-state index is 11.1. The maximum Gasteiger partial charge on any atom is 0.221 e. The van der Waals surface area contributed by atoms with Crippen LogP contribution in [0.15, 0.2) is 0 Å². The summed E-state index contributed by atoms with van der Waals surface area (Å²) in [5.41, 5.74) is 4.99. The molecule has 3 heteroatoms. The van der Waals surface area contributed by atoms with Gasteiger partial charge in [-0.1, -0.05) is 13.8 Å². The van der Waals surface area contributed by atoms with Gasteiger partial charge in [-0.05, 0) is 19.8 Å². The van der Waals surface area contributed by atoms with Crippen molar-refractivity contribution in [2.45, 2.75) is 39.8 Å². The van der Waals surface area contributed by atoms with Gasteiger partial charge in [0.15, 0.2) is 0 Å². The first kappa shape index (κ1) is 10.4. The molecule has 0 bridgehead atoms. The predicted octanol–water partition coefficient (Wildman–Crippen LogP) is 0.844. The fourth-order valence-electron chi connectivity index (χ4n) is 0.781. The highest BCUT2D eigenvalue weighted by atomic mass is 16.1. The molecule has 1 amide bonds. The van der Waals surface area contributed by atoms with Crippen LogP contribution in [-0.4, -0.2) is 11.6 Å². The molecule has 0 saturated heterocycles. The van der Waals surface area contributed by atoms with Crippen LogP contribution in [0, 0.1) is 5.92 Å². The number of nitrogens with one attached hydrogen (secondary N) is 1. The van der Waals surface area contributed by atoms with Crippen molar-refractivity contribution in [2.24, 2.45) is 11.7 Å². The van der Waals surface area contributed by atoms with E-state index in [0.29, 0.717) is 12.3 Å². The highest BCUT2D eigenvalue weighted by Crippen LogP contribution is 2.00. The van der Waals surface area contributed by atoms with Gasteiger partial charge in [0.05, 0.1) is 5.66 Å². The van der Waals surface area contributed by atoms with E-state index in [4.69, 9.17) is 5.73 Å². The van der Waals surface area contributed by atoms with Crippen molar-refractivity contribution in [3.8, 4) is 0 Å². The van der Waals surface area contributed by atoms with Crippen LogP contribution < -0.4 is 11.1 Å². The van der Waals surface area contributed by atoms with Crippen molar-refractivity contribution >= 4 is 5.91 Å². The average molecular weight is 158 g/mol. The second-order valence-electron chi connectivity index (χ2n) is 3.87. The molecule has 0 aliphatic rings. The van der Waals surface area contributed by atoms with E-state index in [1.165, 1.54) is 0 Å². The summed E-state index contributed by atoms with van der Waals surface area (Å²) in [5.74, 6) is 0.407. The Morgan fingerprint density at radius 1 is 1.55 bits per heavy atom. The summed E-state index contributed by atoms with van der Waals surface area (Å²) in [6, 6.07) is 0. The minimum Gasteiger partial charge on any atom is -0.339 e. The van der Waals surface area contributed by atoms with E-state index in [9.17, 15) is 4.79 Å². The summed E-state index contributed by atoms with van der Waals surface area (Å²) in [6.45, 7) is 7.54. The van der Waals surface area contributed by atoms with Crippen molar-refractivity contribution in [3.63, 3.8) is 0 Å². The van der Waals surface area contributed by atoms with Crippen molar-refractivity contribution in [3.05, 3.63) is 0 Å². The summed E-state index contributed by atoms with van der Waals surface area (Å²) in [5, 5.41) is 2.69. The van der Waals surface area contributed by atoms with Crippen LogP contribution in [0.3, 0.4) is 0 Å². The Hall–Kier alpha value is -0.570. The number of hydrogen-bond acceptors (Lipinski definition) is 2. The Bertz CT molecular complexity index is 136.